The molecule has 0 spiro atoms. The van der Waals surface area contributed by atoms with Crippen LogP contribution in [0.5, 0.6) is 5.75 Å². The summed E-state index contributed by atoms with van der Waals surface area (Å²) >= 11 is 3.50. The van der Waals surface area contributed by atoms with E-state index in [1.165, 1.54) is 16.7 Å². The maximum atomic E-state index is 5.93. The number of hydrogen-bond donors (Lipinski definition) is 0. The van der Waals surface area contributed by atoms with E-state index in [0.29, 0.717) is 0 Å². The van der Waals surface area contributed by atoms with E-state index < -0.39 is 0 Å². The fourth-order valence-electron chi connectivity index (χ4n) is 2.28. The van der Waals surface area contributed by atoms with E-state index >= 15 is 0 Å². The summed E-state index contributed by atoms with van der Waals surface area (Å²) in [5, 5.41) is 4.28. The SMILES string of the molecule is CCn1cc(CCCOc2c(C)cc(Br)cc2C)cn1. The Labute approximate surface area is 129 Å². The van der Waals surface area contributed by atoms with E-state index in [1.807, 2.05) is 10.9 Å². The molecule has 2 aromatic rings. The van der Waals surface area contributed by atoms with Crippen molar-refractivity contribution in [1.82, 2.24) is 9.78 Å². The number of benzene rings is 1. The summed E-state index contributed by atoms with van der Waals surface area (Å²) < 4.78 is 8.99. The summed E-state index contributed by atoms with van der Waals surface area (Å²) in [5.41, 5.74) is 3.63. The van der Waals surface area contributed by atoms with Gasteiger partial charge in [-0.3, -0.25) is 4.68 Å². The average molecular weight is 337 g/mol. The van der Waals surface area contributed by atoms with Crippen LogP contribution in [0, 0.1) is 13.8 Å². The van der Waals surface area contributed by atoms with Gasteiger partial charge in [0.25, 0.3) is 0 Å². The molecule has 1 aromatic carbocycles. The summed E-state index contributed by atoms with van der Waals surface area (Å²) in [6.07, 6.45) is 6.06. The molecule has 0 atom stereocenters. The predicted molar refractivity (Wildman–Crippen MR) is 85.3 cm³/mol. The molecule has 1 aromatic heterocycles. The lowest BCUT2D eigenvalue weighted by atomic mass is 10.1. The first-order chi connectivity index (χ1) is 9.60. The van der Waals surface area contributed by atoms with Crippen molar-refractivity contribution in [3.8, 4) is 5.75 Å². The Hall–Kier alpha value is -1.29. The van der Waals surface area contributed by atoms with Gasteiger partial charge in [-0.2, -0.15) is 5.10 Å². The smallest absolute Gasteiger partial charge is 0.125 e. The van der Waals surface area contributed by atoms with Gasteiger partial charge in [-0.1, -0.05) is 15.9 Å². The molecule has 0 saturated heterocycles. The highest BCUT2D eigenvalue weighted by Gasteiger charge is 2.05. The topological polar surface area (TPSA) is 27.1 Å². The van der Waals surface area contributed by atoms with Crippen molar-refractivity contribution in [3.63, 3.8) is 0 Å². The summed E-state index contributed by atoms with van der Waals surface area (Å²) in [4.78, 5) is 0. The monoisotopic (exact) mass is 336 g/mol. The molecule has 20 heavy (non-hydrogen) atoms. The minimum atomic E-state index is 0.737. The zero-order valence-electron chi connectivity index (χ0n) is 12.3. The molecule has 108 valence electrons. The highest BCUT2D eigenvalue weighted by molar-refractivity contribution is 9.10. The average Bonchev–Trinajstić information content (AvgIpc) is 2.84. The Balaban J connectivity index is 1.84. The minimum Gasteiger partial charge on any atom is -0.493 e. The minimum absolute atomic E-state index is 0.737. The number of aromatic nitrogens is 2. The van der Waals surface area contributed by atoms with Gasteiger partial charge in [0.05, 0.1) is 12.8 Å². The van der Waals surface area contributed by atoms with Crippen molar-refractivity contribution >= 4 is 15.9 Å². The van der Waals surface area contributed by atoms with Crippen molar-refractivity contribution in [2.45, 2.75) is 40.2 Å². The van der Waals surface area contributed by atoms with E-state index in [-0.39, 0.29) is 0 Å². The lowest BCUT2D eigenvalue weighted by Crippen LogP contribution is -2.02. The van der Waals surface area contributed by atoms with Crippen molar-refractivity contribution in [3.05, 3.63) is 45.7 Å². The number of halogens is 1. The summed E-state index contributed by atoms with van der Waals surface area (Å²) in [6.45, 7) is 7.92. The highest BCUT2D eigenvalue weighted by Crippen LogP contribution is 2.27. The molecule has 0 bridgehead atoms. The molecule has 2 rings (SSSR count). The zero-order chi connectivity index (χ0) is 14.5. The summed E-state index contributed by atoms with van der Waals surface area (Å²) in [6, 6.07) is 4.18. The molecule has 1 heterocycles. The van der Waals surface area contributed by atoms with Crippen LogP contribution in [0.25, 0.3) is 0 Å². The fraction of sp³-hybridized carbons (Fsp3) is 0.438. The first kappa shape index (κ1) is 15.1. The number of aryl methyl sites for hydroxylation is 4. The van der Waals surface area contributed by atoms with Crippen molar-refractivity contribution < 1.29 is 4.74 Å². The normalized spacial score (nSPS) is 10.8. The third kappa shape index (κ3) is 3.85. The Bertz CT molecular complexity index is 555. The van der Waals surface area contributed by atoms with E-state index in [4.69, 9.17) is 4.74 Å². The molecule has 0 amide bonds. The Kier molecular flexibility index (Phi) is 5.24. The number of nitrogens with zero attached hydrogens (tertiary/aromatic N) is 2. The second-order valence-corrected chi connectivity index (χ2v) is 5.94. The molecule has 4 heteroatoms. The third-order valence-corrected chi connectivity index (χ3v) is 3.75. The second kappa shape index (κ2) is 6.93. The molecule has 3 nitrogen and oxygen atoms in total. The van der Waals surface area contributed by atoms with Gasteiger partial charge >= 0.3 is 0 Å². The van der Waals surface area contributed by atoms with E-state index in [2.05, 4.69) is 60.1 Å². The molecular formula is C16H21BrN2O. The molecule has 0 fully saturated rings. The summed E-state index contributed by atoms with van der Waals surface area (Å²) in [5.74, 6) is 1.01. The van der Waals surface area contributed by atoms with Crippen LogP contribution >= 0.6 is 15.9 Å². The van der Waals surface area contributed by atoms with Gasteiger partial charge < -0.3 is 4.74 Å². The lowest BCUT2D eigenvalue weighted by Gasteiger charge is -2.12. The van der Waals surface area contributed by atoms with Crippen LogP contribution in [0.15, 0.2) is 29.0 Å². The van der Waals surface area contributed by atoms with E-state index in [1.54, 1.807) is 0 Å². The molecular weight excluding hydrogens is 316 g/mol. The first-order valence-electron chi connectivity index (χ1n) is 7.01. The van der Waals surface area contributed by atoms with Crippen molar-refractivity contribution in [1.29, 1.82) is 0 Å². The van der Waals surface area contributed by atoms with Crippen molar-refractivity contribution in [2.75, 3.05) is 6.61 Å². The maximum Gasteiger partial charge on any atom is 0.125 e. The highest BCUT2D eigenvalue weighted by atomic mass is 79.9. The van der Waals surface area contributed by atoms with E-state index in [9.17, 15) is 0 Å². The third-order valence-electron chi connectivity index (χ3n) is 3.29. The van der Waals surface area contributed by atoms with Gasteiger partial charge in [-0.05, 0) is 62.4 Å². The predicted octanol–water partition coefficient (Wildman–Crippen LogP) is 4.29. The maximum absolute atomic E-state index is 5.93. The standard InChI is InChI=1S/C16H21BrN2O/c1-4-19-11-14(10-18-19)6-5-7-20-16-12(2)8-15(17)9-13(16)3/h8-11H,4-7H2,1-3H3. The zero-order valence-corrected chi connectivity index (χ0v) is 13.9. The number of hydrogen-bond acceptors (Lipinski definition) is 2. The molecule has 0 aliphatic heterocycles. The largest absolute Gasteiger partial charge is 0.493 e. The van der Waals surface area contributed by atoms with Crippen LogP contribution in [0.2, 0.25) is 0 Å². The lowest BCUT2D eigenvalue weighted by molar-refractivity contribution is 0.307. The molecule has 0 unspecified atom stereocenters. The Morgan fingerprint density at radius 2 is 1.95 bits per heavy atom. The van der Waals surface area contributed by atoms with Crippen molar-refractivity contribution in [2.24, 2.45) is 0 Å². The molecule has 0 saturated carbocycles. The second-order valence-electron chi connectivity index (χ2n) is 5.03. The van der Waals surface area contributed by atoms with Crippen LogP contribution in [0.1, 0.15) is 30.0 Å². The van der Waals surface area contributed by atoms with Crippen LogP contribution in [0.3, 0.4) is 0 Å². The number of rotatable bonds is 6. The fourth-order valence-corrected chi connectivity index (χ4v) is 2.97. The van der Waals surface area contributed by atoms with Gasteiger partial charge in [0.15, 0.2) is 0 Å². The molecule has 0 radical (unpaired) electrons. The van der Waals surface area contributed by atoms with Crippen LogP contribution in [-0.2, 0) is 13.0 Å². The first-order valence-corrected chi connectivity index (χ1v) is 7.80. The van der Waals surface area contributed by atoms with Gasteiger partial charge in [0, 0.05) is 17.2 Å². The van der Waals surface area contributed by atoms with Crippen LogP contribution in [-0.4, -0.2) is 16.4 Å². The molecule has 0 N–H and O–H groups in total. The van der Waals surface area contributed by atoms with Gasteiger partial charge in [0.2, 0.25) is 0 Å². The number of ether oxygens (including phenoxy) is 1. The quantitative estimate of drug-likeness (QED) is 0.735. The van der Waals surface area contributed by atoms with Crippen LogP contribution in [0.4, 0.5) is 0 Å². The Morgan fingerprint density at radius 1 is 1.25 bits per heavy atom. The Morgan fingerprint density at radius 3 is 2.55 bits per heavy atom. The van der Waals surface area contributed by atoms with E-state index in [0.717, 1.165) is 36.2 Å². The van der Waals surface area contributed by atoms with Crippen LogP contribution < -0.4 is 4.74 Å². The molecule has 0 aliphatic carbocycles. The molecule has 0 aliphatic rings. The van der Waals surface area contributed by atoms with Gasteiger partial charge in [-0.15, -0.1) is 0 Å². The summed E-state index contributed by atoms with van der Waals surface area (Å²) in [7, 11) is 0. The van der Waals surface area contributed by atoms with Gasteiger partial charge in [0.1, 0.15) is 5.75 Å². The van der Waals surface area contributed by atoms with Gasteiger partial charge in [-0.25, -0.2) is 0 Å².